The van der Waals surface area contributed by atoms with E-state index in [-0.39, 0.29) is 0 Å². The smallest absolute Gasteiger partial charge is 0.193 e. The molecule has 1 spiro atoms. The number of nitrogens with zero attached hydrogens (tertiary/aromatic N) is 5. The molecule has 1 saturated heterocycles. The second-order valence-electron chi connectivity index (χ2n) is 8.45. The number of aryl methyl sites for hydroxylation is 1. The third-order valence-corrected chi connectivity index (χ3v) is 6.68. The third-order valence-electron chi connectivity index (χ3n) is 6.68. The molecule has 1 saturated carbocycles. The van der Waals surface area contributed by atoms with E-state index in [0.717, 1.165) is 44.3 Å². The number of hydrogen-bond donors (Lipinski definition) is 1. The zero-order valence-corrected chi connectivity index (χ0v) is 16.3. The topological polar surface area (TPSA) is 58.3 Å². The predicted octanol–water partition coefficient (Wildman–Crippen LogP) is 2.78. The first-order valence-electron chi connectivity index (χ1n) is 10.7. The van der Waals surface area contributed by atoms with E-state index in [2.05, 4.69) is 30.0 Å². The largest absolute Gasteiger partial charge is 0.356 e. The molecule has 0 radical (unpaired) electrons. The van der Waals surface area contributed by atoms with E-state index in [0.29, 0.717) is 5.41 Å². The molecule has 0 bridgehead atoms. The number of likely N-dealkylation sites (tertiary alicyclic amines) is 1. The van der Waals surface area contributed by atoms with Crippen molar-refractivity contribution < 1.29 is 0 Å². The lowest BCUT2D eigenvalue weighted by Crippen LogP contribution is -2.42. The molecular weight excluding hydrogens is 324 g/mol. The fourth-order valence-electron chi connectivity index (χ4n) is 5.17. The van der Waals surface area contributed by atoms with Crippen molar-refractivity contribution in [1.82, 2.24) is 25.0 Å². The summed E-state index contributed by atoms with van der Waals surface area (Å²) in [6, 6.07) is 0. The first-order chi connectivity index (χ1) is 12.8. The van der Waals surface area contributed by atoms with Gasteiger partial charge in [0.15, 0.2) is 5.96 Å². The maximum absolute atomic E-state index is 4.56. The van der Waals surface area contributed by atoms with Gasteiger partial charge in [-0.3, -0.25) is 4.99 Å². The SMILES string of the molecule is CN=C(NCCc1nnc2n1CCCCC2)N1CCC2(CCCCC2)C1. The van der Waals surface area contributed by atoms with Gasteiger partial charge in [-0.2, -0.15) is 0 Å². The van der Waals surface area contributed by atoms with Crippen molar-refractivity contribution in [2.24, 2.45) is 10.4 Å². The molecule has 6 nitrogen and oxygen atoms in total. The van der Waals surface area contributed by atoms with Crippen LogP contribution in [0.2, 0.25) is 0 Å². The summed E-state index contributed by atoms with van der Waals surface area (Å²) in [6.45, 7) is 4.31. The van der Waals surface area contributed by atoms with Crippen molar-refractivity contribution in [2.75, 3.05) is 26.7 Å². The van der Waals surface area contributed by atoms with Gasteiger partial charge in [-0.25, -0.2) is 0 Å². The summed E-state index contributed by atoms with van der Waals surface area (Å²) in [6.07, 6.45) is 14.2. The molecule has 26 heavy (non-hydrogen) atoms. The Hall–Kier alpha value is -1.59. The standard InChI is InChI=1S/C20H34N6/c1-21-19(25-15-12-20(16-25)10-5-3-6-11-20)22-13-9-18-24-23-17-8-4-2-7-14-26(17)18/h2-16H2,1H3,(H,21,22). The average molecular weight is 359 g/mol. The lowest BCUT2D eigenvalue weighted by atomic mass is 9.73. The number of rotatable bonds is 3. The zero-order chi connectivity index (χ0) is 17.8. The van der Waals surface area contributed by atoms with E-state index in [1.807, 2.05) is 7.05 Å². The highest BCUT2D eigenvalue weighted by atomic mass is 15.3. The molecule has 2 fully saturated rings. The molecule has 144 valence electrons. The Labute approximate surface area is 157 Å². The minimum atomic E-state index is 0.570. The Balaban J connectivity index is 1.31. The highest BCUT2D eigenvalue weighted by Crippen LogP contribution is 2.43. The van der Waals surface area contributed by atoms with Gasteiger partial charge in [-0.1, -0.05) is 25.7 Å². The molecule has 1 aliphatic carbocycles. The molecular formula is C20H34N6. The van der Waals surface area contributed by atoms with Crippen LogP contribution in [-0.2, 0) is 19.4 Å². The average Bonchev–Trinajstić information content (AvgIpc) is 3.16. The van der Waals surface area contributed by atoms with Crippen LogP contribution in [0.5, 0.6) is 0 Å². The van der Waals surface area contributed by atoms with Gasteiger partial charge in [0.1, 0.15) is 11.6 Å². The van der Waals surface area contributed by atoms with Gasteiger partial charge in [0, 0.05) is 46.1 Å². The van der Waals surface area contributed by atoms with Gasteiger partial charge in [0.25, 0.3) is 0 Å². The predicted molar refractivity (Wildman–Crippen MR) is 104 cm³/mol. The maximum Gasteiger partial charge on any atom is 0.193 e. The van der Waals surface area contributed by atoms with Crippen molar-refractivity contribution in [3.05, 3.63) is 11.6 Å². The van der Waals surface area contributed by atoms with Gasteiger partial charge in [-0.05, 0) is 37.5 Å². The highest BCUT2D eigenvalue weighted by molar-refractivity contribution is 5.80. The van der Waals surface area contributed by atoms with Crippen molar-refractivity contribution in [3.63, 3.8) is 0 Å². The monoisotopic (exact) mass is 358 g/mol. The lowest BCUT2D eigenvalue weighted by molar-refractivity contribution is 0.203. The fraction of sp³-hybridized carbons (Fsp3) is 0.850. The number of guanidine groups is 1. The van der Waals surface area contributed by atoms with Gasteiger partial charge in [0.2, 0.25) is 0 Å². The number of fused-ring (bicyclic) bond motifs is 1. The van der Waals surface area contributed by atoms with E-state index >= 15 is 0 Å². The van der Waals surface area contributed by atoms with Crippen LogP contribution in [0.3, 0.4) is 0 Å². The Morgan fingerprint density at radius 1 is 1.04 bits per heavy atom. The van der Waals surface area contributed by atoms with Crippen molar-refractivity contribution in [1.29, 1.82) is 0 Å². The minimum Gasteiger partial charge on any atom is -0.356 e. The van der Waals surface area contributed by atoms with E-state index < -0.39 is 0 Å². The van der Waals surface area contributed by atoms with Gasteiger partial charge in [-0.15, -0.1) is 10.2 Å². The zero-order valence-electron chi connectivity index (χ0n) is 16.3. The fourth-order valence-corrected chi connectivity index (χ4v) is 5.17. The Bertz CT molecular complexity index is 628. The van der Waals surface area contributed by atoms with E-state index in [4.69, 9.17) is 0 Å². The van der Waals surface area contributed by atoms with E-state index in [9.17, 15) is 0 Å². The maximum atomic E-state index is 4.56. The van der Waals surface area contributed by atoms with Crippen LogP contribution in [0.4, 0.5) is 0 Å². The molecule has 0 aromatic carbocycles. The summed E-state index contributed by atoms with van der Waals surface area (Å²) in [4.78, 5) is 7.04. The summed E-state index contributed by atoms with van der Waals surface area (Å²) in [7, 11) is 1.91. The lowest BCUT2D eigenvalue weighted by Gasteiger charge is -2.33. The number of hydrogen-bond acceptors (Lipinski definition) is 3. The summed E-state index contributed by atoms with van der Waals surface area (Å²) >= 11 is 0. The highest BCUT2D eigenvalue weighted by Gasteiger charge is 2.39. The third kappa shape index (κ3) is 3.74. The van der Waals surface area contributed by atoms with E-state index in [1.165, 1.54) is 70.2 Å². The Kier molecular flexibility index (Phi) is 5.46. The van der Waals surface area contributed by atoms with Crippen LogP contribution in [0.1, 0.15) is 69.4 Å². The summed E-state index contributed by atoms with van der Waals surface area (Å²) in [5, 5.41) is 12.4. The first-order valence-corrected chi connectivity index (χ1v) is 10.7. The normalized spacial score (nSPS) is 23.1. The van der Waals surface area contributed by atoms with Crippen molar-refractivity contribution in [3.8, 4) is 0 Å². The van der Waals surface area contributed by atoms with Gasteiger partial charge >= 0.3 is 0 Å². The Morgan fingerprint density at radius 3 is 2.73 bits per heavy atom. The Morgan fingerprint density at radius 2 is 1.88 bits per heavy atom. The van der Waals surface area contributed by atoms with Crippen molar-refractivity contribution in [2.45, 2.75) is 77.2 Å². The molecule has 0 amide bonds. The second-order valence-corrected chi connectivity index (χ2v) is 8.45. The molecule has 3 heterocycles. The van der Waals surface area contributed by atoms with Crippen LogP contribution >= 0.6 is 0 Å². The van der Waals surface area contributed by atoms with E-state index in [1.54, 1.807) is 0 Å². The van der Waals surface area contributed by atoms with Crippen LogP contribution in [0, 0.1) is 5.41 Å². The van der Waals surface area contributed by atoms with Crippen LogP contribution in [0.15, 0.2) is 4.99 Å². The summed E-state index contributed by atoms with van der Waals surface area (Å²) in [5.41, 5.74) is 0.570. The quantitative estimate of drug-likeness (QED) is 0.667. The van der Waals surface area contributed by atoms with Crippen LogP contribution < -0.4 is 5.32 Å². The molecule has 1 aromatic heterocycles. The molecule has 0 unspecified atom stereocenters. The molecule has 6 heteroatoms. The molecule has 1 aromatic rings. The summed E-state index contributed by atoms with van der Waals surface area (Å²) < 4.78 is 2.35. The molecule has 4 rings (SSSR count). The number of aromatic nitrogens is 3. The van der Waals surface area contributed by atoms with Crippen LogP contribution in [0.25, 0.3) is 0 Å². The van der Waals surface area contributed by atoms with Gasteiger partial charge in [0.05, 0.1) is 0 Å². The van der Waals surface area contributed by atoms with Crippen LogP contribution in [-0.4, -0.2) is 52.3 Å². The number of nitrogens with one attached hydrogen (secondary N) is 1. The minimum absolute atomic E-state index is 0.570. The second kappa shape index (κ2) is 7.97. The van der Waals surface area contributed by atoms with Gasteiger partial charge < -0.3 is 14.8 Å². The number of aliphatic imine (C=N–C) groups is 1. The first kappa shape index (κ1) is 17.8. The molecule has 2 aliphatic heterocycles. The molecule has 1 N–H and O–H groups in total. The molecule has 3 aliphatic rings. The van der Waals surface area contributed by atoms with Crippen molar-refractivity contribution >= 4 is 5.96 Å². The molecule has 0 atom stereocenters. The summed E-state index contributed by atoms with van der Waals surface area (Å²) in [5.74, 6) is 3.39.